The first-order chi connectivity index (χ1) is 8.82. The van der Waals surface area contributed by atoms with Crippen molar-refractivity contribution in [2.24, 2.45) is 5.73 Å². The molecule has 0 aliphatic heterocycles. The molecule has 1 aromatic rings. The summed E-state index contributed by atoms with van der Waals surface area (Å²) >= 11 is 0. The number of aromatic hydroxyl groups is 1. The smallest absolute Gasteiger partial charge is 0.326 e. The van der Waals surface area contributed by atoms with Crippen molar-refractivity contribution in [1.29, 1.82) is 0 Å². The summed E-state index contributed by atoms with van der Waals surface area (Å²) in [6.45, 7) is 1.51. The Kier molecular flexibility index (Phi) is 4.88. The normalized spacial score (nSPS) is 13.6. The Bertz CT molecular complexity index is 456. The van der Waals surface area contributed by atoms with E-state index in [1.54, 1.807) is 12.1 Å². The number of hydrogen-bond donors (Lipinski definition) is 3. The van der Waals surface area contributed by atoms with Gasteiger partial charge in [0.25, 0.3) is 0 Å². The van der Waals surface area contributed by atoms with E-state index in [9.17, 15) is 19.8 Å². The second-order valence-electron chi connectivity index (χ2n) is 4.46. The minimum Gasteiger partial charge on any atom is -0.508 e. The van der Waals surface area contributed by atoms with Crippen LogP contribution >= 0.6 is 0 Å². The first-order valence-electron chi connectivity index (χ1n) is 5.86. The fourth-order valence-corrected chi connectivity index (χ4v) is 1.72. The van der Waals surface area contributed by atoms with Gasteiger partial charge in [0.15, 0.2) is 0 Å². The summed E-state index contributed by atoms with van der Waals surface area (Å²) in [6.07, 6.45) is 0.157. The topological polar surface area (TPSA) is 104 Å². The van der Waals surface area contributed by atoms with E-state index in [0.717, 1.165) is 10.5 Å². The first-order valence-corrected chi connectivity index (χ1v) is 5.86. The molecule has 0 aliphatic rings. The number of hydrogen-bond acceptors (Lipinski definition) is 4. The van der Waals surface area contributed by atoms with Crippen molar-refractivity contribution in [2.45, 2.75) is 25.4 Å². The predicted octanol–water partition coefficient (Wildman–Crippen LogP) is 0.193. The van der Waals surface area contributed by atoms with Crippen LogP contribution in [-0.4, -0.2) is 46.1 Å². The monoisotopic (exact) mass is 266 g/mol. The second-order valence-corrected chi connectivity index (χ2v) is 4.46. The molecule has 0 bridgehead atoms. The summed E-state index contributed by atoms with van der Waals surface area (Å²) in [4.78, 5) is 24.1. The lowest BCUT2D eigenvalue weighted by atomic mass is 10.0. The molecular formula is C13H18N2O4. The molecule has 1 amide bonds. The van der Waals surface area contributed by atoms with Crippen molar-refractivity contribution in [3.63, 3.8) is 0 Å². The quantitative estimate of drug-likeness (QED) is 0.706. The van der Waals surface area contributed by atoms with Gasteiger partial charge in [-0.25, -0.2) is 4.79 Å². The van der Waals surface area contributed by atoms with E-state index < -0.39 is 24.0 Å². The highest BCUT2D eigenvalue weighted by molar-refractivity contribution is 5.86. The van der Waals surface area contributed by atoms with Crippen LogP contribution in [0.5, 0.6) is 5.75 Å². The molecule has 0 spiro atoms. The van der Waals surface area contributed by atoms with Gasteiger partial charge in [-0.3, -0.25) is 4.79 Å². The van der Waals surface area contributed by atoms with Crippen molar-refractivity contribution < 1.29 is 19.8 Å². The Morgan fingerprint density at radius 3 is 2.26 bits per heavy atom. The van der Waals surface area contributed by atoms with Crippen molar-refractivity contribution in [1.82, 2.24) is 4.90 Å². The zero-order valence-corrected chi connectivity index (χ0v) is 10.9. The fourth-order valence-electron chi connectivity index (χ4n) is 1.72. The molecule has 0 unspecified atom stereocenters. The van der Waals surface area contributed by atoms with E-state index >= 15 is 0 Å². The summed E-state index contributed by atoms with van der Waals surface area (Å²) < 4.78 is 0. The van der Waals surface area contributed by atoms with Crippen LogP contribution in [0.1, 0.15) is 12.5 Å². The van der Waals surface area contributed by atoms with Gasteiger partial charge < -0.3 is 20.8 Å². The highest BCUT2D eigenvalue weighted by atomic mass is 16.4. The van der Waals surface area contributed by atoms with Gasteiger partial charge >= 0.3 is 5.97 Å². The van der Waals surface area contributed by atoms with Crippen LogP contribution in [-0.2, 0) is 16.0 Å². The van der Waals surface area contributed by atoms with Gasteiger partial charge in [-0.15, -0.1) is 0 Å². The fraction of sp³-hybridized carbons (Fsp3) is 0.385. The molecule has 0 radical (unpaired) electrons. The van der Waals surface area contributed by atoms with E-state index in [1.165, 1.54) is 26.1 Å². The molecule has 19 heavy (non-hydrogen) atoms. The average Bonchev–Trinajstić information content (AvgIpc) is 2.35. The summed E-state index contributed by atoms with van der Waals surface area (Å²) in [6, 6.07) is 4.46. The van der Waals surface area contributed by atoms with Crippen molar-refractivity contribution in [3.05, 3.63) is 29.8 Å². The minimum absolute atomic E-state index is 0.107. The molecule has 0 fully saturated rings. The number of nitrogens with two attached hydrogens (primary N) is 1. The zero-order valence-electron chi connectivity index (χ0n) is 10.9. The molecule has 6 heteroatoms. The van der Waals surface area contributed by atoms with Crippen LogP contribution in [0.2, 0.25) is 0 Å². The van der Waals surface area contributed by atoms with Crippen molar-refractivity contribution in [3.8, 4) is 5.75 Å². The Morgan fingerprint density at radius 1 is 1.32 bits per heavy atom. The molecule has 1 rings (SSSR count). The maximum absolute atomic E-state index is 11.7. The highest BCUT2D eigenvalue weighted by Gasteiger charge is 2.28. The second kappa shape index (κ2) is 6.19. The SMILES string of the molecule is C[C@H](N)C(=O)N(C)[C@@H](Cc1ccc(O)cc1)C(=O)O. The Balaban J connectivity index is 2.87. The molecular weight excluding hydrogens is 248 g/mol. The maximum atomic E-state index is 11.7. The molecule has 4 N–H and O–H groups in total. The van der Waals surface area contributed by atoms with Gasteiger partial charge in [0.2, 0.25) is 5.91 Å². The number of rotatable bonds is 5. The summed E-state index contributed by atoms with van der Waals surface area (Å²) in [5.41, 5.74) is 6.19. The average molecular weight is 266 g/mol. The van der Waals surface area contributed by atoms with E-state index in [1.807, 2.05) is 0 Å². The number of aliphatic carboxylic acids is 1. The third-order valence-electron chi connectivity index (χ3n) is 2.86. The highest BCUT2D eigenvalue weighted by Crippen LogP contribution is 2.13. The third-order valence-corrected chi connectivity index (χ3v) is 2.86. The minimum atomic E-state index is -1.09. The Hall–Kier alpha value is -2.08. The lowest BCUT2D eigenvalue weighted by Gasteiger charge is -2.26. The van der Waals surface area contributed by atoms with Gasteiger partial charge in [-0.05, 0) is 24.6 Å². The van der Waals surface area contributed by atoms with Crippen LogP contribution in [0.15, 0.2) is 24.3 Å². The van der Waals surface area contributed by atoms with Gasteiger partial charge in [-0.1, -0.05) is 12.1 Å². The number of benzene rings is 1. The molecule has 2 atom stereocenters. The van der Waals surface area contributed by atoms with Crippen molar-refractivity contribution >= 4 is 11.9 Å². The number of nitrogens with zero attached hydrogens (tertiary/aromatic N) is 1. The summed E-state index contributed by atoms with van der Waals surface area (Å²) in [5, 5.41) is 18.4. The zero-order chi connectivity index (χ0) is 14.6. The van der Waals surface area contributed by atoms with Crippen LogP contribution in [0.25, 0.3) is 0 Å². The number of carboxylic acid groups (broad SMARTS) is 1. The Labute approximate surface area is 111 Å². The summed E-state index contributed by atoms with van der Waals surface area (Å²) in [7, 11) is 1.42. The molecule has 0 saturated heterocycles. The predicted molar refractivity (Wildman–Crippen MR) is 69.7 cm³/mol. The number of phenols is 1. The number of carboxylic acids is 1. The van der Waals surface area contributed by atoms with Gasteiger partial charge in [0.05, 0.1) is 6.04 Å². The number of carbonyl (C=O) groups excluding carboxylic acids is 1. The molecule has 1 aromatic carbocycles. The molecule has 6 nitrogen and oxygen atoms in total. The third kappa shape index (κ3) is 3.96. The number of carbonyl (C=O) groups is 2. The largest absolute Gasteiger partial charge is 0.508 e. The molecule has 0 heterocycles. The van der Waals surface area contributed by atoms with E-state index in [-0.39, 0.29) is 12.2 Å². The van der Waals surface area contributed by atoms with Gasteiger partial charge in [-0.2, -0.15) is 0 Å². The molecule has 0 aromatic heterocycles. The van der Waals surface area contributed by atoms with Gasteiger partial charge in [0, 0.05) is 13.5 Å². The molecule has 104 valence electrons. The van der Waals surface area contributed by atoms with Crippen LogP contribution in [0.3, 0.4) is 0 Å². The van der Waals surface area contributed by atoms with Crippen molar-refractivity contribution in [2.75, 3.05) is 7.05 Å². The Morgan fingerprint density at radius 2 is 1.84 bits per heavy atom. The lowest BCUT2D eigenvalue weighted by Crippen LogP contribution is -2.49. The number of phenolic OH excluding ortho intramolecular Hbond substituents is 1. The van der Waals surface area contributed by atoms with Crippen LogP contribution in [0.4, 0.5) is 0 Å². The van der Waals surface area contributed by atoms with E-state index in [4.69, 9.17) is 5.73 Å². The standard InChI is InChI=1S/C13H18N2O4/c1-8(14)12(17)15(2)11(13(18)19)7-9-3-5-10(16)6-4-9/h3-6,8,11,16H,7,14H2,1-2H3,(H,18,19)/t8-,11-/m0/s1. The molecule has 0 saturated carbocycles. The van der Waals surface area contributed by atoms with E-state index in [0.29, 0.717) is 0 Å². The lowest BCUT2D eigenvalue weighted by molar-refractivity contribution is -0.149. The van der Waals surface area contributed by atoms with Crippen LogP contribution < -0.4 is 5.73 Å². The first kappa shape index (κ1) is 15.0. The number of likely N-dealkylation sites (N-methyl/N-ethyl adjacent to an activating group) is 1. The van der Waals surface area contributed by atoms with Crippen LogP contribution in [0, 0.1) is 0 Å². The van der Waals surface area contributed by atoms with Gasteiger partial charge in [0.1, 0.15) is 11.8 Å². The maximum Gasteiger partial charge on any atom is 0.326 e. The number of amides is 1. The summed E-state index contributed by atoms with van der Waals surface area (Å²) in [5.74, 6) is -1.41. The van der Waals surface area contributed by atoms with E-state index in [2.05, 4.69) is 0 Å². The molecule has 0 aliphatic carbocycles.